The first-order valence-corrected chi connectivity index (χ1v) is 4.30. The van der Waals surface area contributed by atoms with Crippen LogP contribution in [0, 0.1) is 12.8 Å². The van der Waals surface area contributed by atoms with E-state index in [2.05, 4.69) is 22.9 Å². The highest BCUT2D eigenvalue weighted by atomic mass is 15.3. The molecule has 0 aliphatic heterocycles. The molecule has 2 bridgehead atoms. The predicted molar refractivity (Wildman–Crippen MR) is 42.3 cm³/mol. The van der Waals surface area contributed by atoms with Gasteiger partial charge in [-0.15, -0.1) is 0 Å². The smallest absolute Gasteiger partial charge is 0.0635 e. The molecule has 0 aromatic carbocycles. The lowest BCUT2D eigenvalue weighted by molar-refractivity contribution is -0.0978. The molecule has 3 aliphatic carbocycles. The van der Waals surface area contributed by atoms with Gasteiger partial charge in [-0.1, -0.05) is 0 Å². The standard InChI is InChI=1S/C9H12N2/c1-7-5-10-11(6-7)9-2-8(3-9)4-9/h5-6,8H,2-4H2,1H3. The van der Waals surface area contributed by atoms with Crippen molar-refractivity contribution in [1.82, 2.24) is 9.78 Å². The van der Waals surface area contributed by atoms with Gasteiger partial charge in [0.05, 0.1) is 11.7 Å². The summed E-state index contributed by atoms with van der Waals surface area (Å²) in [5, 5.41) is 4.36. The van der Waals surface area contributed by atoms with E-state index >= 15 is 0 Å². The molecule has 58 valence electrons. The molecule has 2 nitrogen and oxygen atoms in total. The van der Waals surface area contributed by atoms with Crippen LogP contribution >= 0.6 is 0 Å². The lowest BCUT2D eigenvalue weighted by atomic mass is 9.50. The van der Waals surface area contributed by atoms with Crippen molar-refractivity contribution in [2.75, 3.05) is 0 Å². The molecule has 0 atom stereocenters. The molecule has 4 rings (SSSR count). The van der Waals surface area contributed by atoms with E-state index in [-0.39, 0.29) is 0 Å². The van der Waals surface area contributed by atoms with Crippen molar-refractivity contribution >= 4 is 0 Å². The molecule has 0 saturated heterocycles. The molecule has 2 heteroatoms. The summed E-state index contributed by atoms with van der Waals surface area (Å²) in [6, 6.07) is 0. The molecule has 0 radical (unpaired) electrons. The minimum Gasteiger partial charge on any atom is -0.266 e. The Balaban J connectivity index is 1.99. The molecular formula is C9H12N2. The van der Waals surface area contributed by atoms with Crippen molar-refractivity contribution in [3.8, 4) is 0 Å². The normalized spacial score (nSPS) is 39.5. The fourth-order valence-corrected chi connectivity index (χ4v) is 2.39. The van der Waals surface area contributed by atoms with E-state index in [9.17, 15) is 0 Å². The van der Waals surface area contributed by atoms with Gasteiger partial charge in [-0.3, -0.25) is 4.68 Å². The first kappa shape index (κ1) is 5.81. The topological polar surface area (TPSA) is 17.8 Å². The average molecular weight is 148 g/mol. The Hall–Kier alpha value is -0.790. The van der Waals surface area contributed by atoms with Gasteiger partial charge in [0.25, 0.3) is 0 Å². The highest BCUT2D eigenvalue weighted by Crippen LogP contribution is 2.61. The number of nitrogens with zero attached hydrogens (tertiary/aromatic N) is 2. The molecule has 3 fully saturated rings. The maximum Gasteiger partial charge on any atom is 0.0635 e. The molecule has 0 unspecified atom stereocenters. The first-order chi connectivity index (χ1) is 5.28. The number of aromatic nitrogens is 2. The van der Waals surface area contributed by atoms with E-state index in [4.69, 9.17) is 0 Å². The van der Waals surface area contributed by atoms with E-state index in [1.54, 1.807) is 0 Å². The SMILES string of the molecule is Cc1cnn(C23CC(C2)C3)c1. The summed E-state index contributed by atoms with van der Waals surface area (Å²) in [7, 11) is 0. The molecule has 0 N–H and O–H groups in total. The van der Waals surface area contributed by atoms with E-state index in [1.807, 2.05) is 6.20 Å². The zero-order valence-electron chi connectivity index (χ0n) is 6.75. The van der Waals surface area contributed by atoms with Gasteiger partial charge in [-0.25, -0.2) is 0 Å². The van der Waals surface area contributed by atoms with Crippen LogP contribution in [0.1, 0.15) is 24.8 Å². The highest BCUT2D eigenvalue weighted by Gasteiger charge is 2.58. The summed E-state index contributed by atoms with van der Waals surface area (Å²) >= 11 is 0. The fraction of sp³-hybridized carbons (Fsp3) is 0.667. The molecule has 11 heavy (non-hydrogen) atoms. The van der Waals surface area contributed by atoms with Crippen LogP contribution in [0.4, 0.5) is 0 Å². The minimum atomic E-state index is 0.485. The van der Waals surface area contributed by atoms with Gasteiger partial charge in [-0.2, -0.15) is 5.10 Å². The molecular weight excluding hydrogens is 136 g/mol. The van der Waals surface area contributed by atoms with Gasteiger partial charge in [0.15, 0.2) is 0 Å². The van der Waals surface area contributed by atoms with Crippen molar-refractivity contribution in [2.45, 2.75) is 31.7 Å². The second kappa shape index (κ2) is 1.52. The summed E-state index contributed by atoms with van der Waals surface area (Å²) in [4.78, 5) is 0. The maximum absolute atomic E-state index is 4.36. The van der Waals surface area contributed by atoms with Gasteiger partial charge < -0.3 is 0 Å². The van der Waals surface area contributed by atoms with Gasteiger partial charge in [0, 0.05) is 6.20 Å². The second-order valence-corrected chi connectivity index (χ2v) is 4.16. The Morgan fingerprint density at radius 3 is 2.64 bits per heavy atom. The Bertz CT molecular complexity index is 283. The van der Waals surface area contributed by atoms with E-state index < -0.39 is 0 Å². The Morgan fingerprint density at radius 2 is 2.27 bits per heavy atom. The van der Waals surface area contributed by atoms with E-state index in [0.717, 1.165) is 5.92 Å². The van der Waals surface area contributed by atoms with Crippen molar-refractivity contribution < 1.29 is 0 Å². The molecule has 0 spiro atoms. The van der Waals surface area contributed by atoms with Crippen LogP contribution in [0.5, 0.6) is 0 Å². The number of hydrogen-bond donors (Lipinski definition) is 0. The lowest BCUT2D eigenvalue weighted by Gasteiger charge is -2.61. The molecule has 3 aliphatic rings. The van der Waals surface area contributed by atoms with Gasteiger partial charge in [0.2, 0.25) is 0 Å². The second-order valence-electron chi connectivity index (χ2n) is 4.16. The third-order valence-corrected chi connectivity index (χ3v) is 3.20. The summed E-state index contributed by atoms with van der Waals surface area (Å²) in [5.74, 6) is 1.04. The largest absolute Gasteiger partial charge is 0.266 e. The van der Waals surface area contributed by atoms with Crippen LogP contribution in [0.25, 0.3) is 0 Å². The molecule has 3 saturated carbocycles. The number of aryl methyl sites for hydroxylation is 1. The van der Waals surface area contributed by atoms with E-state index in [1.165, 1.54) is 24.8 Å². The Labute approximate surface area is 66.2 Å². The van der Waals surface area contributed by atoms with Crippen LogP contribution in [0.15, 0.2) is 12.4 Å². The zero-order chi connectivity index (χ0) is 7.47. The van der Waals surface area contributed by atoms with Gasteiger partial charge in [0.1, 0.15) is 0 Å². The summed E-state index contributed by atoms with van der Waals surface area (Å²) in [6.07, 6.45) is 8.28. The maximum atomic E-state index is 4.36. The number of rotatable bonds is 1. The van der Waals surface area contributed by atoms with Crippen molar-refractivity contribution in [1.29, 1.82) is 0 Å². The summed E-state index contributed by atoms with van der Waals surface area (Å²) in [5.41, 5.74) is 1.77. The van der Waals surface area contributed by atoms with Gasteiger partial charge in [-0.05, 0) is 37.7 Å². The first-order valence-electron chi connectivity index (χ1n) is 4.30. The lowest BCUT2D eigenvalue weighted by Crippen LogP contribution is -2.59. The molecule has 1 heterocycles. The quantitative estimate of drug-likeness (QED) is 0.592. The van der Waals surface area contributed by atoms with Crippen LogP contribution in [-0.2, 0) is 5.54 Å². The minimum absolute atomic E-state index is 0.485. The van der Waals surface area contributed by atoms with Crippen LogP contribution in [-0.4, -0.2) is 9.78 Å². The van der Waals surface area contributed by atoms with E-state index in [0.29, 0.717) is 5.54 Å². The van der Waals surface area contributed by atoms with Crippen LogP contribution in [0.3, 0.4) is 0 Å². The monoisotopic (exact) mass is 148 g/mol. The summed E-state index contributed by atoms with van der Waals surface area (Å²) in [6.45, 7) is 2.11. The predicted octanol–water partition coefficient (Wildman–Crippen LogP) is 1.70. The van der Waals surface area contributed by atoms with Crippen LogP contribution < -0.4 is 0 Å². The Morgan fingerprint density at radius 1 is 1.55 bits per heavy atom. The third kappa shape index (κ3) is 0.561. The van der Waals surface area contributed by atoms with Crippen LogP contribution in [0.2, 0.25) is 0 Å². The third-order valence-electron chi connectivity index (χ3n) is 3.20. The number of hydrogen-bond acceptors (Lipinski definition) is 1. The van der Waals surface area contributed by atoms with Crippen molar-refractivity contribution in [3.05, 3.63) is 18.0 Å². The summed E-state index contributed by atoms with van der Waals surface area (Å²) < 4.78 is 2.18. The van der Waals surface area contributed by atoms with Crippen molar-refractivity contribution in [2.24, 2.45) is 5.92 Å². The fourth-order valence-electron chi connectivity index (χ4n) is 2.39. The highest BCUT2D eigenvalue weighted by molar-refractivity contribution is 5.14. The van der Waals surface area contributed by atoms with Crippen molar-refractivity contribution in [3.63, 3.8) is 0 Å². The Kier molecular flexibility index (Phi) is 0.803. The van der Waals surface area contributed by atoms with Gasteiger partial charge >= 0.3 is 0 Å². The molecule has 0 amide bonds. The molecule has 1 aromatic heterocycles. The molecule has 1 aromatic rings. The average Bonchev–Trinajstić information content (AvgIpc) is 2.06. The zero-order valence-corrected chi connectivity index (χ0v) is 6.75.